The third-order valence-corrected chi connectivity index (χ3v) is 3.39. The molecule has 0 aliphatic rings. The van der Waals surface area contributed by atoms with Crippen LogP contribution < -0.4 is 4.74 Å². The van der Waals surface area contributed by atoms with E-state index in [9.17, 15) is 0 Å². The van der Waals surface area contributed by atoms with Crippen LogP contribution in [0, 0.1) is 6.92 Å². The predicted octanol–water partition coefficient (Wildman–Crippen LogP) is 4.48. The Labute approximate surface area is 115 Å². The summed E-state index contributed by atoms with van der Waals surface area (Å²) < 4.78 is 5.75. The van der Waals surface area contributed by atoms with Crippen molar-refractivity contribution in [2.24, 2.45) is 0 Å². The van der Waals surface area contributed by atoms with Gasteiger partial charge in [0.2, 0.25) is 0 Å². The van der Waals surface area contributed by atoms with Crippen molar-refractivity contribution in [3.63, 3.8) is 0 Å². The van der Waals surface area contributed by atoms with Gasteiger partial charge in [-0.05, 0) is 49.1 Å². The summed E-state index contributed by atoms with van der Waals surface area (Å²) in [6.45, 7) is 6.96. The Balaban J connectivity index is 1.96. The Hall–Kier alpha value is -1.83. The zero-order chi connectivity index (χ0) is 13.7. The topological polar surface area (TPSA) is 22.1 Å². The highest BCUT2D eigenvalue weighted by Crippen LogP contribution is 2.21. The van der Waals surface area contributed by atoms with Crippen molar-refractivity contribution in [2.75, 3.05) is 0 Å². The normalized spacial score (nSPS) is 12.2. The fourth-order valence-electron chi connectivity index (χ4n) is 1.97. The van der Waals surface area contributed by atoms with Gasteiger partial charge >= 0.3 is 0 Å². The molecule has 0 saturated carbocycles. The fourth-order valence-corrected chi connectivity index (χ4v) is 1.97. The maximum atomic E-state index is 5.75. The van der Waals surface area contributed by atoms with Crippen molar-refractivity contribution >= 4 is 0 Å². The summed E-state index contributed by atoms with van der Waals surface area (Å²) in [5, 5.41) is 0. The van der Waals surface area contributed by atoms with Gasteiger partial charge in [0.25, 0.3) is 0 Å². The van der Waals surface area contributed by atoms with Crippen molar-refractivity contribution in [1.82, 2.24) is 4.98 Å². The van der Waals surface area contributed by atoms with Crippen LogP contribution in [0.2, 0.25) is 0 Å². The van der Waals surface area contributed by atoms with Gasteiger partial charge in [0.1, 0.15) is 12.4 Å². The molecule has 1 heterocycles. The molecule has 2 heteroatoms. The first kappa shape index (κ1) is 13.6. The van der Waals surface area contributed by atoms with E-state index in [2.05, 4.69) is 31.0 Å². The van der Waals surface area contributed by atoms with Gasteiger partial charge in [-0.3, -0.25) is 4.98 Å². The fraction of sp³-hybridized carbons (Fsp3) is 0.353. The highest BCUT2D eigenvalue weighted by atomic mass is 16.5. The quantitative estimate of drug-likeness (QED) is 0.785. The molecule has 0 spiro atoms. The molecule has 0 radical (unpaired) electrons. The minimum Gasteiger partial charge on any atom is -0.487 e. The molecule has 2 rings (SSSR count). The first-order valence-electron chi connectivity index (χ1n) is 6.84. The number of pyridine rings is 1. The monoisotopic (exact) mass is 255 g/mol. The molecule has 1 aromatic heterocycles. The van der Waals surface area contributed by atoms with Crippen LogP contribution in [-0.2, 0) is 6.61 Å². The number of hydrogen-bond donors (Lipinski definition) is 0. The summed E-state index contributed by atoms with van der Waals surface area (Å²) >= 11 is 0. The molecule has 2 aromatic rings. The minimum absolute atomic E-state index is 0.518. The smallest absolute Gasteiger partial charge is 0.130 e. The van der Waals surface area contributed by atoms with Gasteiger partial charge in [-0.2, -0.15) is 0 Å². The highest BCUT2D eigenvalue weighted by molar-refractivity contribution is 5.29. The van der Waals surface area contributed by atoms with Crippen LogP contribution in [0.15, 0.2) is 42.5 Å². The largest absolute Gasteiger partial charge is 0.487 e. The van der Waals surface area contributed by atoms with Crippen LogP contribution in [0.3, 0.4) is 0 Å². The zero-order valence-corrected chi connectivity index (χ0v) is 11.9. The van der Waals surface area contributed by atoms with Crippen LogP contribution >= 0.6 is 0 Å². The lowest BCUT2D eigenvalue weighted by atomic mass is 9.99. The van der Waals surface area contributed by atoms with Gasteiger partial charge in [0.05, 0.1) is 5.69 Å². The summed E-state index contributed by atoms with van der Waals surface area (Å²) in [5.41, 5.74) is 3.35. The van der Waals surface area contributed by atoms with Crippen LogP contribution in [0.1, 0.15) is 43.1 Å². The molecule has 1 atom stereocenters. The molecule has 0 aliphatic carbocycles. The van der Waals surface area contributed by atoms with E-state index in [0.717, 1.165) is 23.6 Å². The van der Waals surface area contributed by atoms with Gasteiger partial charge in [-0.1, -0.05) is 32.0 Å². The average Bonchev–Trinajstić information content (AvgIpc) is 2.45. The summed E-state index contributed by atoms with van der Waals surface area (Å²) in [6, 6.07) is 14.4. The van der Waals surface area contributed by atoms with Crippen LogP contribution in [0.5, 0.6) is 5.75 Å². The maximum absolute atomic E-state index is 5.75. The number of hydrogen-bond acceptors (Lipinski definition) is 2. The van der Waals surface area contributed by atoms with Gasteiger partial charge in [0, 0.05) is 5.69 Å². The van der Waals surface area contributed by atoms with Gasteiger partial charge in [0.15, 0.2) is 0 Å². The number of rotatable bonds is 5. The standard InChI is InChI=1S/C17H21NO/c1-4-13(2)15-8-10-17(11-9-15)19-12-16-7-5-6-14(3)18-16/h5-11,13H,4,12H2,1-3H3. The minimum atomic E-state index is 0.518. The molecular weight excluding hydrogens is 234 g/mol. The molecule has 0 saturated heterocycles. The Morgan fingerprint density at radius 1 is 1.11 bits per heavy atom. The van der Waals surface area contributed by atoms with E-state index >= 15 is 0 Å². The van der Waals surface area contributed by atoms with Gasteiger partial charge in [-0.15, -0.1) is 0 Å². The maximum Gasteiger partial charge on any atom is 0.130 e. The van der Waals surface area contributed by atoms with Crippen LogP contribution in [0.25, 0.3) is 0 Å². The van der Waals surface area contributed by atoms with E-state index in [4.69, 9.17) is 4.74 Å². The lowest BCUT2D eigenvalue weighted by Gasteiger charge is -2.10. The molecule has 1 aromatic carbocycles. The van der Waals surface area contributed by atoms with E-state index in [-0.39, 0.29) is 0 Å². The van der Waals surface area contributed by atoms with E-state index in [0.29, 0.717) is 12.5 Å². The number of benzene rings is 1. The van der Waals surface area contributed by atoms with Crippen LogP contribution in [0.4, 0.5) is 0 Å². The molecule has 0 amide bonds. The lowest BCUT2D eigenvalue weighted by Crippen LogP contribution is -1.99. The third kappa shape index (κ3) is 3.82. The van der Waals surface area contributed by atoms with E-state index in [1.807, 2.05) is 37.3 Å². The predicted molar refractivity (Wildman–Crippen MR) is 78.5 cm³/mol. The van der Waals surface area contributed by atoms with Crippen molar-refractivity contribution in [3.05, 3.63) is 59.4 Å². The molecule has 0 aliphatic heterocycles. The first-order chi connectivity index (χ1) is 9.19. The van der Waals surface area contributed by atoms with Gasteiger partial charge in [-0.25, -0.2) is 0 Å². The summed E-state index contributed by atoms with van der Waals surface area (Å²) in [6.07, 6.45) is 1.16. The molecular formula is C17H21NO. The molecule has 0 bridgehead atoms. The second kappa shape index (κ2) is 6.37. The second-order valence-corrected chi connectivity index (χ2v) is 4.94. The summed E-state index contributed by atoms with van der Waals surface area (Å²) in [4.78, 5) is 4.42. The molecule has 19 heavy (non-hydrogen) atoms. The summed E-state index contributed by atoms with van der Waals surface area (Å²) in [5.74, 6) is 1.50. The summed E-state index contributed by atoms with van der Waals surface area (Å²) in [7, 11) is 0. The highest BCUT2D eigenvalue weighted by Gasteiger charge is 2.03. The SMILES string of the molecule is CCC(C)c1ccc(OCc2cccc(C)n2)cc1. The molecule has 0 fully saturated rings. The Kier molecular flexibility index (Phi) is 4.56. The zero-order valence-electron chi connectivity index (χ0n) is 11.9. The van der Waals surface area contributed by atoms with Crippen LogP contribution in [-0.4, -0.2) is 4.98 Å². The van der Waals surface area contributed by atoms with E-state index in [1.54, 1.807) is 0 Å². The van der Waals surface area contributed by atoms with Gasteiger partial charge < -0.3 is 4.74 Å². The molecule has 1 unspecified atom stereocenters. The Bertz CT molecular complexity index is 519. The van der Waals surface area contributed by atoms with Crippen molar-refractivity contribution in [2.45, 2.75) is 39.7 Å². The van der Waals surface area contributed by atoms with Crippen molar-refractivity contribution in [3.8, 4) is 5.75 Å². The lowest BCUT2D eigenvalue weighted by molar-refractivity contribution is 0.301. The number of ether oxygens (including phenoxy) is 1. The molecule has 2 nitrogen and oxygen atoms in total. The Morgan fingerprint density at radius 2 is 1.84 bits per heavy atom. The Morgan fingerprint density at radius 3 is 2.47 bits per heavy atom. The van der Waals surface area contributed by atoms with Crippen molar-refractivity contribution in [1.29, 1.82) is 0 Å². The average molecular weight is 255 g/mol. The van der Waals surface area contributed by atoms with E-state index < -0.39 is 0 Å². The number of aromatic nitrogens is 1. The van der Waals surface area contributed by atoms with E-state index in [1.165, 1.54) is 5.56 Å². The third-order valence-electron chi connectivity index (χ3n) is 3.39. The first-order valence-corrected chi connectivity index (χ1v) is 6.84. The number of aryl methyl sites for hydroxylation is 1. The second-order valence-electron chi connectivity index (χ2n) is 4.94. The molecule has 0 N–H and O–H groups in total. The molecule has 100 valence electrons. The van der Waals surface area contributed by atoms with Crippen molar-refractivity contribution < 1.29 is 4.74 Å². The number of nitrogens with zero attached hydrogens (tertiary/aromatic N) is 1.